The number of anilines is 1. The number of morpholine rings is 1. The smallest absolute Gasteiger partial charge is 0.305 e. The summed E-state index contributed by atoms with van der Waals surface area (Å²) < 4.78 is 31.4. The van der Waals surface area contributed by atoms with E-state index in [1.807, 2.05) is 0 Å². The molecule has 0 radical (unpaired) electrons. The minimum atomic E-state index is -3.45. The maximum Gasteiger partial charge on any atom is 0.305 e. The predicted octanol–water partition coefficient (Wildman–Crippen LogP) is 1.15. The number of amides is 1. The molecule has 8 nitrogen and oxygen atoms in total. The summed E-state index contributed by atoms with van der Waals surface area (Å²) in [6.07, 6.45) is 0.285. The summed E-state index contributed by atoms with van der Waals surface area (Å²) in [6, 6.07) is 5.65. The van der Waals surface area contributed by atoms with Crippen molar-refractivity contribution >= 4 is 27.6 Å². The van der Waals surface area contributed by atoms with E-state index in [0.29, 0.717) is 30.8 Å². The standard InChI is InChI=1S/C16H22N2O6S/c1-2-8-25(22,23)17-13-5-3-4-12(9-13)16(21)18-6-7-24-11-14(18)10-15(19)20/h3-5,9,14,17H,2,6-8,10-11H2,1H3,(H,19,20). The number of hydrogen-bond acceptors (Lipinski definition) is 5. The van der Waals surface area contributed by atoms with E-state index in [0.717, 1.165) is 0 Å². The Morgan fingerprint density at radius 1 is 1.40 bits per heavy atom. The van der Waals surface area contributed by atoms with Crippen molar-refractivity contribution in [1.29, 1.82) is 0 Å². The van der Waals surface area contributed by atoms with Crippen LogP contribution in [0, 0.1) is 0 Å². The molecule has 1 heterocycles. The minimum absolute atomic E-state index is 0.00464. The maximum atomic E-state index is 12.7. The summed E-state index contributed by atoms with van der Waals surface area (Å²) >= 11 is 0. The van der Waals surface area contributed by atoms with E-state index in [1.54, 1.807) is 25.1 Å². The van der Waals surface area contributed by atoms with Gasteiger partial charge in [0.05, 0.1) is 31.4 Å². The molecule has 138 valence electrons. The topological polar surface area (TPSA) is 113 Å². The van der Waals surface area contributed by atoms with Gasteiger partial charge in [0, 0.05) is 17.8 Å². The molecule has 1 atom stereocenters. The van der Waals surface area contributed by atoms with E-state index in [1.165, 1.54) is 11.0 Å². The van der Waals surface area contributed by atoms with Crippen LogP contribution in [0.4, 0.5) is 5.69 Å². The number of nitrogens with one attached hydrogen (secondary N) is 1. The van der Waals surface area contributed by atoms with E-state index in [4.69, 9.17) is 9.84 Å². The number of hydrogen-bond donors (Lipinski definition) is 2. The number of carbonyl (C=O) groups excluding carboxylic acids is 1. The molecule has 0 aliphatic carbocycles. The molecule has 0 spiro atoms. The highest BCUT2D eigenvalue weighted by Gasteiger charge is 2.30. The number of carboxylic acid groups (broad SMARTS) is 1. The van der Waals surface area contributed by atoms with Gasteiger partial charge < -0.3 is 14.7 Å². The number of benzene rings is 1. The third-order valence-electron chi connectivity index (χ3n) is 3.75. The highest BCUT2D eigenvalue weighted by Crippen LogP contribution is 2.18. The van der Waals surface area contributed by atoms with Crippen LogP contribution in [-0.2, 0) is 19.6 Å². The van der Waals surface area contributed by atoms with E-state index >= 15 is 0 Å². The molecule has 25 heavy (non-hydrogen) atoms. The number of sulfonamides is 1. The first-order valence-corrected chi connectivity index (χ1v) is 9.68. The van der Waals surface area contributed by atoms with Crippen LogP contribution in [0.5, 0.6) is 0 Å². The first kappa shape index (κ1) is 19.2. The second kappa shape index (κ2) is 8.30. The lowest BCUT2D eigenvalue weighted by molar-refractivity contribution is -0.139. The molecule has 1 saturated heterocycles. The first-order chi connectivity index (χ1) is 11.8. The van der Waals surface area contributed by atoms with Crippen LogP contribution in [0.2, 0.25) is 0 Å². The maximum absolute atomic E-state index is 12.7. The lowest BCUT2D eigenvalue weighted by Gasteiger charge is -2.35. The Bertz CT molecular complexity index is 734. The summed E-state index contributed by atoms with van der Waals surface area (Å²) in [5.41, 5.74) is 0.608. The molecule has 1 aliphatic heterocycles. The van der Waals surface area contributed by atoms with Gasteiger partial charge in [-0.15, -0.1) is 0 Å². The lowest BCUT2D eigenvalue weighted by atomic mass is 10.1. The third kappa shape index (κ3) is 5.43. The average Bonchev–Trinajstić information content (AvgIpc) is 2.54. The predicted molar refractivity (Wildman–Crippen MR) is 92.0 cm³/mol. The van der Waals surface area contributed by atoms with Crippen molar-refractivity contribution in [1.82, 2.24) is 4.90 Å². The molecule has 1 unspecified atom stereocenters. The Labute approximate surface area is 146 Å². The normalized spacial score (nSPS) is 18.0. The van der Waals surface area contributed by atoms with Crippen LogP contribution in [0.25, 0.3) is 0 Å². The van der Waals surface area contributed by atoms with Gasteiger partial charge in [0.15, 0.2) is 0 Å². The second-order valence-electron chi connectivity index (χ2n) is 5.83. The number of carboxylic acids is 1. The summed E-state index contributed by atoms with van der Waals surface area (Å²) in [6.45, 7) is 2.56. The summed E-state index contributed by atoms with van der Waals surface area (Å²) in [7, 11) is -3.45. The van der Waals surface area contributed by atoms with Gasteiger partial charge in [-0.1, -0.05) is 13.0 Å². The van der Waals surface area contributed by atoms with Gasteiger partial charge >= 0.3 is 5.97 Å². The van der Waals surface area contributed by atoms with E-state index in [-0.39, 0.29) is 24.7 Å². The molecule has 0 bridgehead atoms. The zero-order chi connectivity index (χ0) is 18.4. The lowest BCUT2D eigenvalue weighted by Crippen LogP contribution is -2.49. The Morgan fingerprint density at radius 2 is 2.16 bits per heavy atom. The number of ether oxygens (including phenoxy) is 1. The molecular formula is C16H22N2O6S. The molecule has 0 saturated carbocycles. The van der Waals surface area contributed by atoms with Gasteiger partial charge in [0.1, 0.15) is 0 Å². The number of nitrogens with zero attached hydrogens (tertiary/aromatic N) is 1. The molecular weight excluding hydrogens is 348 g/mol. The average molecular weight is 370 g/mol. The molecule has 1 fully saturated rings. The van der Waals surface area contributed by atoms with Crippen LogP contribution >= 0.6 is 0 Å². The highest BCUT2D eigenvalue weighted by molar-refractivity contribution is 7.92. The van der Waals surface area contributed by atoms with Crippen molar-refractivity contribution in [3.05, 3.63) is 29.8 Å². The molecule has 9 heteroatoms. The molecule has 1 aromatic carbocycles. The van der Waals surface area contributed by atoms with Crippen molar-refractivity contribution in [2.24, 2.45) is 0 Å². The van der Waals surface area contributed by atoms with Crippen LogP contribution in [0.3, 0.4) is 0 Å². The summed E-state index contributed by atoms with van der Waals surface area (Å²) in [5.74, 6) is -1.35. The van der Waals surface area contributed by atoms with Gasteiger partial charge in [-0.3, -0.25) is 14.3 Å². The Morgan fingerprint density at radius 3 is 2.84 bits per heavy atom. The van der Waals surface area contributed by atoms with Gasteiger partial charge in [-0.25, -0.2) is 8.42 Å². The Hall–Kier alpha value is -2.13. The Kier molecular flexibility index (Phi) is 6.38. The van der Waals surface area contributed by atoms with Gasteiger partial charge in [-0.2, -0.15) is 0 Å². The zero-order valence-corrected chi connectivity index (χ0v) is 14.8. The van der Waals surface area contributed by atoms with Crippen LogP contribution in [0.1, 0.15) is 30.1 Å². The van der Waals surface area contributed by atoms with Crippen molar-refractivity contribution in [2.75, 3.05) is 30.2 Å². The first-order valence-electron chi connectivity index (χ1n) is 8.03. The van der Waals surface area contributed by atoms with Crippen LogP contribution < -0.4 is 4.72 Å². The van der Waals surface area contributed by atoms with Crippen molar-refractivity contribution in [3.63, 3.8) is 0 Å². The van der Waals surface area contributed by atoms with Gasteiger partial charge in [0.2, 0.25) is 10.0 Å². The second-order valence-corrected chi connectivity index (χ2v) is 7.67. The van der Waals surface area contributed by atoms with E-state index in [2.05, 4.69) is 4.72 Å². The molecule has 2 N–H and O–H groups in total. The number of rotatable bonds is 7. The molecule has 1 amide bonds. The monoisotopic (exact) mass is 370 g/mol. The van der Waals surface area contributed by atoms with Crippen LogP contribution in [-0.4, -0.2) is 61.9 Å². The summed E-state index contributed by atoms with van der Waals surface area (Å²) in [5, 5.41) is 8.99. The summed E-state index contributed by atoms with van der Waals surface area (Å²) in [4.78, 5) is 25.2. The highest BCUT2D eigenvalue weighted by atomic mass is 32.2. The van der Waals surface area contributed by atoms with E-state index in [9.17, 15) is 18.0 Å². The largest absolute Gasteiger partial charge is 0.481 e. The molecule has 2 rings (SSSR count). The zero-order valence-electron chi connectivity index (χ0n) is 14.0. The number of aliphatic carboxylic acids is 1. The van der Waals surface area contributed by atoms with Gasteiger partial charge in [-0.05, 0) is 24.6 Å². The Balaban J connectivity index is 2.18. The van der Waals surface area contributed by atoms with Gasteiger partial charge in [0.25, 0.3) is 5.91 Å². The quantitative estimate of drug-likeness (QED) is 0.744. The SMILES string of the molecule is CCCS(=O)(=O)Nc1cccc(C(=O)N2CCOCC2CC(=O)O)c1. The third-order valence-corrected chi connectivity index (χ3v) is 5.25. The van der Waals surface area contributed by atoms with Crippen molar-refractivity contribution in [2.45, 2.75) is 25.8 Å². The number of carbonyl (C=O) groups is 2. The van der Waals surface area contributed by atoms with Crippen molar-refractivity contribution < 1.29 is 27.9 Å². The van der Waals surface area contributed by atoms with E-state index < -0.39 is 22.0 Å². The fourth-order valence-corrected chi connectivity index (χ4v) is 3.80. The van der Waals surface area contributed by atoms with Crippen LogP contribution in [0.15, 0.2) is 24.3 Å². The molecule has 1 aliphatic rings. The van der Waals surface area contributed by atoms with Crippen molar-refractivity contribution in [3.8, 4) is 0 Å². The fourth-order valence-electron chi connectivity index (χ4n) is 2.67. The molecule has 1 aromatic rings. The molecule has 0 aromatic heterocycles. The fraction of sp³-hybridized carbons (Fsp3) is 0.500. The minimum Gasteiger partial charge on any atom is -0.481 e.